The minimum absolute atomic E-state index is 0.0835. The Balaban J connectivity index is 1.30. The summed E-state index contributed by atoms with van der Waals surface area (Å²) >= 11 is 6.21. The predicted octanol–water partition coefficient (Wildman–Crippen LogP) is 4.30. The molecule has 1 aliphatic rings. The van der Waals surface area contributed by atoms with E-state index in [1.807, 2.05) is 35.6 Å². The molecular formula is C24H29ClN4O3. The van der Waals surface area contributed by atoms with E-state index < -0.39 is 0 Å². The summed E-state index contributed by atoms with van der Waals surface area (Å²) in [5.41, 5.74) is 3.27. The molecule has 0 radical (unpaired) electrons. The molecule has 3 aromatic rings. The topological polar surface area (TPSA) is 63.7 Å². The van der Waals surface area contributed by atoms with E-state index in [1.165, 1.54) is 5.56 Å². The van der Waals surface area contributed by atoms with Crippen LogP contribution in [0.3, 0.4) is 0 Å². The standard InChI is InChI=1S/C24H29ClN4O3/c1-4-29-15-19(18(3)26-29)14-27-10-12-28(13-11-27)24(30)22-9-8-20(32-22)16-31-23-17(2)6-5-7-21(23)25/h5-9,15H,4,10-14,16H2,1-3H3. The second-order valence-electron chi connectivity index (χ2n) is 8.10. The monoisotopic (exact) mass is 456 g/mol. The van der Waals surface area contributed by atoms with Crippen molar-refractivity contribution >= 4 is 17.5 Å². The van der Waals surface area contributed by atoms with Gasteiger partial charge in [0.25, 0.3) is 5.91 Å². The first-order chi connectivity index (χ1) is 15.4. The molecule has 0 aliphatic carbocycles. The molecule has 0 atom stereocenters. The van der Waals surface area contributed by atoms with Crippen LogP contribution in [-0.2, 0) is 19.7 Å². The van der Waals surface area contributed by atoms with Crippen molar-refractivity contribution < 1.29 is 13.9 Å². The Bertz CT molecular complexity index is 1060. The van der Waals surface area contributed by atoms with Gasteiger partial charge >= 0.3 is 0 Å². The molecule has 0 saturated carbocycles. The number of aromatic nitrogens is 2. The van der Waals surface area contributed by atoms with Crippen molar-refractivity contribution in [1.29, 1.82) is 0 Å². The lowest BCUT2D eigenvalue weighted by molar-refractivity contribution is 0.0594. The lowest BCUT2D eigenvalue weighted by Crippen LogP contribution is -2.48. The lowest BCUT2D eigenvalue weighted by atomic mass is 10.2. The van der Waals surface area contributed by atoms with Gasteiger partial charge in [-0.25, -0.2) is 0 Å². The van der Waals surface area contributed by atoms with Gasteiger partial charge in [0, 0.05) is 51.0 Å². The van der Waals surface area contributed by atoms with Crippen molar-refractivity contribution in [3.63, 3.8) is 0 Å². The van der Waals surface area contributed by atoms with Crippen LogP contribution in [0.1, 0.15) is 40.1 Å². The summed E-state index contributed by atoms with van der Waals surface area (Å²) in [6.07, 6.45) is 2.11. The third-order valence-corrected chi connectivity index (χ3v) is 6.12. The molecule has 1 fully saturated rings. The molecule has 0 bridgehead atoms. The first kappa shape index (κ1) is 22.4. The molecule has 0 N–H and O–H groups in total. The number of benzene rings is 1. The maximum absolute atomic E-state index is 12.9. The zero-order valence-electron chi connectivity index (χ0n) is 18.8. The summed E-state index contributed by atoms with van der Waals surface area (Å²) in [7, 11) is 0. The zero-order chi connectivity index (χ0) is 22.7. The molecule has 1 amide bonds. The third kappa shape index (κ3) is 5.00. The summed E-state index contributed by atoms with van der Waals surface area (Å²) in [6.45, 7) is 11.0. The summed E-state index contributed by atoms with van der Waals surface area (Å²) in [6, 6.07) is 9.11. The summed E-state index contributed by atoms with van der Waals surface area (Å²) in [4.78, 5) is 17.1. The number of carbonyl (C=O) groups is 1. The Hall–Kier alpha value is -2.77. The van der Waals surface area contributed by atoms with Crippen LogP contribution in [-0.4, -0.2) is 51.7 Å². The Morgan fingerprint density at radius 1 is 1.16 bits per heavy atom. The van der Waals surface area contributed by atoms with Gasteiger partial charge in [0.15, 0.2) is 5.76 Å². The van der Waals surface area contributed by atoms with Crippen LogP contribution in [0.15, 0.2) is 40.9 Å². The Morgan fingerprint density at radius 3 is 2.62 bits per heavy atom. The fourth-order valence-corrected chi connectivity index (χ4v) is 4.17. The van der Waals surface area contributed by atoms with Gasteiger partial charge in [-0.3, -0.25) is 14.4 Å². The van der Waals surface area contributed by atoms with Crippen LogP contribution in [0.5, 0.6) is 5.75 Å². The summed E-state index contributed by atoms with van der Waals surface area (Å²) < 4.78 is 13.6. The summed E-state index contributed by atoms with van der Waals surface area (Å²) in [5, 5.41) is 5.08. The molecular weight excluding hydrogens is 428 g/mol. The van der Waals surface area contributed by atoms with Crippen molar-refractivity contribution in [2.75, 3.05) is 26.2 Å². The quantitative estimate of drug-likeness (QED) is 0.530. The Labute approximate surface area is 193 Å². The van der Waals surface area contributed by atoms with Crippen LogP contribution >= 0.6 is 11.6 Å². The maximum atomic E-state index is 12.9. The van der Waals surface area contributed by atoms with Crippen molar-refractivity contribution in [2.45, 2.75) is 40.5 Å². The minimum Gasteiger partial charge on any atom is -0.484 e. The predicted molar refractivity (Wildman–Crippen MR) is 123 cm³/mol. The van der Waals surface area contributed by atoms with Crippen molar-refractivity contribution in [3.8, 4) is 5.75 Å². The molecule has 32 heavy (non-hydrogen) atoms. The molecule has 4 rings (SSSR count). The number of hydrogen-bond donors (Lipinski definition) is 0. The average Bonchev–Trinajstić information content (AvgIpc) is 3.40. The number of furan rings is 1. The van der Waals surface area contributed by atoms with E-state index >= 15 is 0 Å². The number of ether oxygens (including phenoxy) is 1. The lowest BCUT2D eigenvalue weighted by Gasteiger charge is -2.34. The number of nitrogens with zero attached hydrogens (tertiary/aromatic N) is 4. The van der Waals surface area contributed by atoms with Crippen LogP contribution in [0, 0.1) is 13.8 Å². The smallest absolute Gasteiger partial charge is 0.289 e. The number of halogens is 1. The third-order valence-electron chi connectivity index (χ3n) is 5.82. The van der Waals surface area contributed by atoms with E-state index in [1.54, 1.807) is 18.2 Å². The van der Waals surface area contributed by atoms with Crippen LogP contribution in [0.2, 0.25) is 5.02 Å². The molecule has 170 valence electrons. The SMILES string of the molecule is CCn1cc(CN2CCN(C(=O)c3ccc(COc4c(C)cccc4Cl)o3)CC2)c(C)n1. The molecule has 0 unspecified atom stereocenters. The fourth-order valence-electron chi connectivity index (χ4n) is 3.90. The number of rotatable bonds is 7. The van der Waals surface area contributed by atoms with Crippen LogP contribution in [0.25, 0.3) is 0 Å². The molecule has 2 aromatic heterocycles. The van der Waals surface area contributed by atoms with Crippen LogP contribution < -0.4 is 4.74 Å². The molecule has 0 spiro atoms. The molecule has 3 heterocycles. The minimum atomic E-state index is -0.0835. The fraction of sp³-hybridized carbons (Fsp3) is 0.417. The van der Waals surface area contributed by atoms with Gasteiger partial charge in [-0.2, -0.15) is 5.10 Å². The second kappa shape index (κ2) is 9.79. The van der Waals surface area contributed by atoms with Crippen molar-refractivity contribution in [3.05, 3.63) is 69.9 Å². The van der Waals surface area contributed by atoms with Gasteiger partial charge in [-0.15, -0.1) is 0 Å². The molecule has 8 heteroatoms. The first-order valence-corrected chi connectivity index (χ1v) is 11.3. The van der Waals surface area contributed by atoms with E-state index in [9.17, 15) is 4.79 Å². The highest BCUT2D eigenvalue weighted by Gasteiger charge is 2.25. The van der Waals surface area contributed by atoms with E-state index in [4.69, 9.17) is 20.8 Å². The molecule has 1 saturated heterocycles. The van der Waals surface area contributed by atoms with E-state index in [-0.39, 0.29) is 12.5 Å². The van der Waals surface area contributed by atoms with Gasteiger partial charge in [-0.1, -0.05) is 23.7 Å². The highest BCUT2D eigenvalue weighted by atomic mass is 35.5. The van der Waals surface area contributed by atoms with Gasteiger partial charge in [0.1, 0.15) is 18.1 Å². The molecule has 1 aromatic carbocycles. The molecule has 7 nitrogen and oxygen atoms in total. The van der Waals surface area contributed by atoms with E-state index in [2.05, 4.69) is 23.1 Å². The van der Waals surface area contributed by atoms with Gasteiger partial charge in [0.05, 0.1) is 10.7 Å². The average molecular weight is 457 g/mol. The number of aryl methyl sites for hydroxylation is 3. The number of amides is 1. The highest BCUT2D eigenvalue weighted by molar-refractivity contribution is 6.32. The maximum Gasteiger partial charge on any atom is 0.289 e. The van der Waals surface area contributed by atoms with Crippen LogP contribution in [0.4, 0.5) is 0 Å². The van der Waals surface area contributed by atoms with E-state index in [0.717, 1.165) is 37.4 Å². The zero-order valence-corrected chi connectivity index (χ0v) is 19.6. The summed E-state index contributed by atoms with van der Waals surface area (Å²) in [5.74, 6) is 1.48. The Kier molecular flexibility index (Phi) is 6.86. The number of para-hydroxylation sites is 1. The van der Waals surface area contributed by atoms with E-state index in [0.29, 0.717) is 35.4 Å². The van der Waals surface area contributed by atoms with Gasteiger partial charge in [0.2, 0.25) is 0 Å². The Morgan fingerprint density at radius 2 is 1.94 bits per heavy atom. The first-order valence-electron chi connectivity index (χ1n) is 11.0. The number of hydrogen-bond acceptors (Lipinski definition) is 5. The highest BCUT2D eigenvalue weighted by Crippen LogP contribution is 2.29. The van der Waals surface area contributed by atoms with Gasteiger partial charge < -0.3 is 14.1 Å². The van der Waals surface area contributed by atoms with Crippen molar-refractivity contribution in [1.82, 2.24) is 19.6 Å². The van der Waals surface area contributed by atoms with Gasteiger partial charge in [-0.05, 0) is 44.5 Å². The normalized spacial score (nSPS) is 14.7. The molecule has 1 aliphatic heterocycles. The van der Waals surface area contributed by atoms with Crippen molar-refractivity contribution in [2.24, 2.45) is 0 Å². The largest absolute Gasteiger partial charge is 0.484 e. The second-order valence-corrected chi connectivity index (χ2v) is 8.51. The number of carbonyl (C=O) groups excluding carboxylic acids is 1. The number of piperazine rings is 1.